The number of rotatable bonds is 7. The van der Waals surface area contributed by atoms with Gasteiger partial charge in [0.2, 0.25) is 0 Å². The highest BCUT2D eigenvalue weighted by Crippen LogP contribution is 2.27. The van der Waals surface area contributed by atoms with Crippen LogP contribution in [0.2, 0.25) is 0 Å². The van der Waals surface area contributed by atoms with E-state index in [2.05, 4.69) is 16.0 Å². The first-order valence-corrected chi connectivity index (χ1v) is 9.67. The summed E-state index contributed by atoms with van der Waals surface area (Å²) in [5.74, 6) is 0.421. The standard InChI is InChI=1S/C20H21N3O4S/c1-20(18(25)22-19(26)23-20)12-28-16-10-6-4-8-14(16)17(24)21-11-13-7-3-5-9-15(13)27-2/h3-10H,11-12H2,1-2H3,(H,21,24)(H2,22,23,25,26)/t20-/m0/s1. The predicted octanol–water partition coefficient (Wildman–Crippen LogP) is 2.32. The summed E-state index contributed by atoms with van der Waals surface area (Å²) in [5.41, 5.74) is 0.375. The summed E-state index contributed by atoms with van der Waals surface area (Å²) in [6, 6.07) is 14.1. The van der Waals surface area contributed by atoms with Gasteiger partial charge in [0.25, 0.3) is 11.8 Å². The molecule has 1 aliphatic heterocycles. The maximum atomic E-state index is 12.7. The number of imide groups is 1. The SMILES string of the molecule is COc1ccccc1CNC(=O)c1ccccc1SC[C@]1(C)NC(=O)NC1=O. The molecule has 1 atom stereocenters. The number of methoxy groups -OCH3 is 1. The summed E-state index contributed by atoms with van der Waals surface area (Å²) in [4.78, 5) is 36.8. The van der Waals surface area contributed by atoms with Crippen LogP contribution in [0, 0.1) is 0 Å². The topological polar surface area (TPSA) is 96.5 Å². The third-order valence-corrected chi connectivity index (χ3v) is 5.79. The summed E-state index contributed by atoms with van der Waals surface area (Å²) in [6.45, 7) is 1.99. The van der Waals surface area contributed by atoms with Crippen LogP contribution in [0.3, 0.4) is 0 Å². The molecule has 1 fully saturated rings. The van der Waals surface area contributed by atoms with Crippen LogP contribution >= 0.6 is 11.8 Å². The fourth-order valence-corrected chi connectivity index (χ4v) is 3.94. The van der Waals surface area contributed by atoms with E-state index in [0.717, 1.165) is 10.5 Å². The number of thioether (sulfide) groups is 1. The molecule has 1 saturated heterocycles. The van der Waals surface area contributed by atoms with E-state index in [9.17, 15) is 14.4 Å². The van der Waals surface area contributed by atoms with E-state index in [1.807, 2.05) is 36.4 Å². The van der Waals surface area contributed by atoms with Gasteiger partial charge >= 0.3 is 6.03 Å². The second-order valence-corrected chi connectivity index (χ2v) is 7.54. The molecular weight excluding hydrogens is 378 g/mol. The van der Waals surface area contributed by atoms with Gasteiger partial charge in [0.15, 0.2) is 0 Å². The average Bonchev–Trinajstić information content (AvgIpc) is 2.96. The van der Waals surface area contributed by atoms with Crippen LogP contribution in [0.25, 0.3) is 0 Å². The molecule has 0 saturated carbocycles. The van der Waals surface area contributed by atoms with Crippen molar-refractivity contribution in [2.24, 2.45) is 0 Å². The number of nitrogens with one attached hydrogen (secondary N) is 3. The second kappa shape index (κ2) is 8.35. The molecule has 0 unspecified atom stereocenters. The zero-order valence-electron chi connectivity index (χ0n) is 15.6. The van der Waals surface area contributed by atoms with Gasteiger partial charge in [-0.05, 0) is 25.1 Å². The third-order valence-electron chi connectivity index (χ3n) is 4.40. The summed E-state index contributed by atoms with van der Waals surface area (Å²) in [5, 5.41) is 7.76. The predicted molar refractivity (Wildman–Crippen MR) is 106 cm³/mol. The third kappa shape index (κ3) is 4.28. The van der Waals surface area contributed by atoms with Gasteiger partial charge in [0.05, 0.1) is 12.7 Å². The Labute approximate surface area is 167 Å². The van der Waals surface area contributed by atoms with E-state index in [1.165, 1.54) is 11.8 Å². The Morgan fingerprint density at radius 2 is 1.86 bits per heavy atom. The van der Waals surface area contributed by atoms with Crippen LogP contribution in [0.5, 0.6) is 5.75 Å². The van der Waals surface area contributed by atoms with Crippen molar-refractivity contribution < 1.29 is 19.1 Å². The van der Waals surface area contributed by atoms with Crippen LogP contribution in [0.15, 0.2) is 53.4 Å². The number of carbonyl (C=O) groups excluding carboxylic acids is 3. The van der Waals surface area contributed by atoms with Crippen molar-refractivity contribution in [3.05, 3.63) is 59.7 Å². The van der Waals surface area contributed by atoms with Crippen molar-refractivity contribution in [3.8, 4) is 5.75 Å². The molecule has 7 nitrogen and oxygen atoms in total. The maximum Gasteiger partial charge on any atom is 0.322 e. The van der Waals surface area contributed by atoms with Gasteiger partial charge in [-0.3, -0.25) is 14.9 Å². The normalized spacial score (nSPS) is 18.4. The summed E-state index contributed by atoms with van der Waals surface area (Å²) in [7, 11) is 1.59. The molecular formula is C20H21N3O4S. The van der Waals surface area contributed by atoms with Gasteiger partial charge in [-0.15, -0.1) is 11.8 Å². The number of para-hydroxylation sites is 1. The number of amides is 4. The Balaban J connectivity index is 1.68. The molecule has 0 aliphatic carbocycles. The van der Waals surface area contributed by atoms with E-state index < -0.39 is 11.6 Å². The lowest BCUT2D eigenvalue weighted by molar-refractivity contribution is -0.122. The lowest BCUT2D eigenvalue weighted by atomic mass is 10.1. The minimum absolute atomic E-state index is 0.223. The van der Waals surface area contributed by atoms with Crippen LogP contribution in [-0.4, -0.2) is 36.2 Å². The summed E-state index contributed by atoms with van der Waals surface area (Å²) in [6.07, 6.45) is 0. The highest BCUT2D eigenvalue weighted by molar-refractivity contribution is 7.99. The van der Waals surface area contributed by atoms with E-state index in [4.69, 9.17) is 4.74 Å². The maximum absolute atomic E-state index is 12.7. The monoisotopic (exact) mass is 399 g/mol. The van der Waals surface area contributed by atoms with Gasteiger partial charge in [0.1, 0.15) is 11.3 Å². The number of hydrogen-bond acceptors (Lipinski definition) is 5. The first kappa shape index (κ1) is 19.8. The molecule has 0 bridgehead atoms. The lowest BCUT2D eigenvalue weighted by Crippen LogP contribution is -2.46. The Hall–Kier alpha value is -3.00. The first-order valence-electron chi connectivity index (χ1n) is 8.68. The minimum Gasteiger partial charge on any atom is -0.496 e. The van der Waals surface area contributed by atoms with Crippen LogP contribution < -0.4 is 20.7 Å². The fourth-order valence-electron chi connectivity index (χ4n) is 2.80. The number of urea groups is 1. The molecule has 2 aromatic rings. The molecule has 1 heterocycles. The Morgan fingerprint density at radius 1 is 1.14 bits per heavy atom. The number of carbonyl (C=O) groups is 3. The molecule has 0 radical (unpaired) electrons. The van der Waals surface area contributed by atoms with Gasteiger partial charge in [-0.25, -0.2) is 4.79 Å². The minimum atomic E-state index is -1.01. The Bertz CT molecular complexity index is 918. The van der Waals surface area contributed by atoms with Crippen molar-refractivity contribution in [1.82, 2.24) is 16.0 Å². The lowest BCUT2D eigenvalue weighted by Gasteiger charge is -2.20. The van der Waals surface area contributed by atoms with Crippen molar-refractivity contribution in [2.45, 2.75) is 23.9 Å². The van der Waals surface area contributed by atoms with Crippen molar-refractivity contribution in [3.63, 3.8) is 0 Å². The fraction of sp³-hybridized carbons (Fsp3) is 0.250. The zero-order chi connectivity index (χ0) is 20.1. The number of benzene rings is 2. The Kier molecular flexibility index (Phi) is 5.89. The molecule has 146 valence electrons. The van der Waals surface area contributed by atoms with Crippen LogP contribution in [0.4, 0.5) is 4.79 Å². The number of hydrogen-bond donors (Lipinski definition) is 3. The largest absolute Gasteiger partial charge is 0.496 e. The van der Waals surface area contributed by atoms with Gasteiger partial charge in [-0.1, -0.05) is 30.3 Å². The van der Waals surface area contributed by atoms with E-state index in [-0.39, 0.29) is 11.8 Å². The molecule has 28 heavy (non-hydrogen) atoms. The molecule has 1 aliphatic rings. The molecule has 3 rings (SSSR count). The highest BCUT2D eigenvalue weighted by Gasteiger charge is 2.41. The Morgan fingerprint density at radius 3 is 2.57 bits per heavy atom. The van der Waals surface area contributed by atoms with Crippen LogP contribution in [0.1, 0.15) is 22.8 Å². The van der Waals surface area contributed by atoms with Gasteiger partial charge in [0, 0.05) is 22.8 Å². The average molecular weight is 399 g/mol. The first-order chi connectivity index (χ1) is 13.4. The molecule has 2 aromatic carbocycles. The van der Waals surface area contributed by atoms with Gasteiger partial charge in [-0.2, -0.15) is 0 Å². The van der Waals surface area contributed by atoms with Crippen molar-refractivity contribution in [1.29, 1.82) is 0 Å². The van der Waals surface area contributed by atoms with Crippen LogP contribution in [-0.2, 0) is 11.3 Å². The van der Waals surface area contributed by atoms with E-state index in [1.54, 1.807) is 26.2 Å². The molecule has 8 heteroatoms. The highest BCUT2D eigenvalue weighted by atomic mass is 32.2. The summed E-state index contributed by atoms with van der Waals surface area (Å²) < 4.78 is 5.30. The van der Waals surface area contributed by atoms with Gasteiger partial charge < -0.3 is 15.4 Å². The van der Waals surface area contributed by atoms with E-state index in [0.29, 0.717) is 23.6 Å². The molecule has 4 amide bonds. The molecule has 0 spiro atoms. The molecule has 0 aromatic heterocycles. The van der Waals surface area contributed by atoms with E-state index >= 15 is 0 Å². The summed E-state index contributed by atoms with van der Waals surface area (Å²) >= 11 is 1.35. The second-order valence-electron chi connectivity index (χ2n) is 6.52. The smallest absolute Gasteiger partial charge is 0.322 e. The zero-order valence-corrected chi connectivity index (χ0v) is 16.4. The molecule has 3 N–H and O–H groups in total. The van der Waals surface area contributed by atoms with Crippen molar-refractivity contribution in [2.75, 3.05) is 12.9 Å². The number of ether oxygens (including phenoxy) is 1. The quantitative estimate of drug-likeness (QED) is 0.490. The van der Waals surface area contributed by atoms with Crippen molar-refractivity contribution >= 4 is 29.6 Å².